The van der Waals surface area contributed by atoms with E-state index in [2.05, 4.69) is 35.7 Å². The quantitative estimate of drug-likeness (QED) is 0.235. The minimum Gasteiger partial charge on any atom is -0.576 e. The molecule has 0 aliphatic carbocycles. The summed E-state index contributed by atoms with van der Waals surface area (Å²) >= 11 is -2.90. The van der Waals surface area contributed by atoms with Crippen molar-refractivity contribution in [1.29, 1.82) is 0 Å². The van der Waals surface area contributed by atoms with Gasteiger partial charge in [-0.05, 0) is 73.9 Å². The Morgan fingerprint density at radius 3 is 1.43 bits per heavy atom. The summed E-state index contributed by atoms with van der Waals surface area (Å²) in [6, 6.07) is 23.7. The van der Waals surface area contributed by atoms with Crippen molar-refractivity contribution in [2.45, 2.75) is 20.8 Å². The predicted octanol–water partition coefficient (Wildman–Crippen LogP) is 6.78. The number of hydrogen-bond acceptors (Lipinski definition) is 6. The van der Waals surface area contributed by atoms with Gasteiger partial charge in [-0.25, -0.2) is 0 Å². The molecule has 0 aliphatic rings. The van der Waals surface area contributed by atoms with E-state index in [1.54, 1.807) is 18.6 Å². The minimum atomic E-state index is -2.90. The van der Waals surface area contributed by atoms with Gasteiger partial charge in [-0.2, -0.15) is 0 Å². The van der Waals surface area contributed by atoms with Crippen LogP contribution in [-0.2, 0) is 0 Å². The molecule has 0 amide bonds. The number of rotatable bonds is 6. The molecule has 7 heteroatoms. The van der Waals surface area contributed by atoms with E-state index < -0.39 is 15.1 Å². The molecule has 0 unspecified atom stereocenters. The van der Waals surface area contributed by atoms with E-state index in [1.807, 2.05) is 72.8 Å². The van der Waals surface area contributed by atoms with E-state index in [9.17, 15) is 0 Å². The third-order valence-electron chi connectivity index (χ3n) is 6.52. The molecule has 3 heterocycles. The molecule has 0 spiro atoms. The highest BCUT2D eigenvalue weighted by atomic mass is 27.3. The van der Waals surface area contributed by atoms with E-state index in [0.29, 0.717) is 17.2 Å². The molecule has 6 aromatic rings. The number of nitrogens with zero attached hydrogens (tertiary/aromatic N) is 3. The lowest BCUT2D eigenvalue weighted by Gasteiger charge is -2.19. The Balaban J connectivity index is 1.45. The second kappa shape index (κ2) is 9.70. The molecule has 37 heavy (non-hydrogen) atoms. The van der Waals surface area contributed by atoms with Crippen molar-refractivity contribution in [3.05, 3.63) is 108 Å². The van der Waals surface area contributed by atoms with E-state index in [4.69, 9.17) is 11.4 Å². The smallest absolute Gasteiger partial charge is 0.576 e. The zero-order valence-electron chi connectivity index (χ0n) is 20.8. The zero-order valence-corrected chi connectivity index (χ0v) is 22.0. The van der Waals surface area contributed by atoms with Gasteiger partial charge in [0.1, 0.15) is 33.8 Å². The molecule has 0 saturated heterocycles. The fraction of sp³-hybridized carbons (Fsp3) is 0.100. The molecule has 180 valence electrons. The molecule has 0 radical (unpaired) electrons. The van der Waals surface area contributed by atoms with Crippen LogP contribution >= 0.6 is 0 Å². The van der Waals surface area contributed by atoms with Crippen LogP contribution in [0, 0.1) is 20.8 Å². The maximum atomic E-state index is 6.53. The monoisotopic (exact) mass is 501 g/mol. The van der Waals surface area contributed by atoms with Crippen LogP contribution in [0.2, 0.25) is 0 Å². The molecular weight excluding hydrogens is 477 g/mol. The molecule has 3 aromatic heterocycles. The standard InChI is InChI=1S/3C10H9NO.Al/c1-7-4-5-9(12)10-8(7)3-2-6-11-10;2*1-7-5-6-11-10-8(7)3-2-4-9(10)12;/h3*2-6,12H,1H3;/q;;;+3/p-3. The van der Waals surface area contributed by atoms with Gasteiger partial charge in [0.2, 0.25) is 0 Å². The van der Waals surface area contributed by atoms with Gasteiger partial charge in [0, 0.05) is 34.7 Å². The summed E-state index contributed by atoms with van der Waals surface area (Å²) in [6.07, 6.45) is 5.34. The molecule has 0 bridgehead atoms. The SMILES string of the molecule is Cc1ccnc2c([O][Al]([O]c3cccc4c(C)ccnc34)[O]c3ccc(C)c4cccnc34)cccc12. The van der Waals surface area contributed by atoms with E-state index >= 15 is 0 Å². The summed E-state index contributed by atoms with van der Waals surface area (Å²) < 4.78 is 19.6. The van der Waals surface area contributed by atoms with Gasteiger partial charge in [0.15, 0.2) is 0 Å². The van der Waals surface area contributed by atoms with Crippen LogP contribution in [-0.4, -0.2) is 30.1 Å². The Hall–Kier alpha value is -4.18. The van der Waals surface area contributed by atoms with Crippen LogP contribution in [0.25, 0.3) is 32.7 Å². The lowest BCUT2D eigenvalue weighted by atomic mass is 10.1. The fourth-order valence-corrected chi connectivity index (χ4v) is 5.87. The Morgan fingerprint density at radius 1 is 0.459 bits per heavy atom. The van der Waals surface area contributed by atoms with E-state index in [1.165, 1.54) is 0 Å². The third kappa shape index (κ3) is 4.44. The Bertz CT molecular complexity index is 1630. The van der Waals surface area contributed by atoms with Crippen LogP contribution in [0.5, 0.6) is 17.2 Å². The fourth-order valence-electron chi connectivity index (χ4n) is 4.53. The average Bonchev–Trinajstić information content (AvgIpc) is 2.92. The maximum Gasteiger partial charge on any atom is 1.20 e. The summed E-state index contributed by atoms with van der Waals surface area (Å²) in [4.78, 5) is 13.8. The highest BCUT2D eigenvalue weighted by molar-refractivity contribution is 6.40. The first-order valence-corrected chi connectivity index (χ1v) is 13.5. The number of pyridine rings is 3. The molecule has 0 fully saturated rings. The normalized spacial score (nSPS) is 11.1. The van der Waals surface area contributed by atoms with Gasteiger partial charge in [0.25, 0.3) is 0 Å². The van der Waals surface area contributed by atoms with Crippen molar-refractivity contribution in [3.8, 4) is 17.2 Å². The summed E-state index contributed by atoms with van der Waals surface area (Å²) in [5.74, 6) is 1.85. The van der Waals surface area contributed by atoms with Crippen molar-refractivity contribution in [1.82, 2.24) is 15.0 Å². The van der Waals surface area contributed by atoms with Gasteiger partial charge in [-0.1, -0.05) is 36.4 Å². The van der Waals surface area contributed by atoms with Gasteiger partial charge >= 0.3 is 15.1 Å². The summed E-state index contributed by atoms with van der Waals surface area (Å²) in [6.45, 7) is 6.18. The summed E-state index contributed by atoms with van der Waals surface area (Å²) in [5.41, 5.74) is 5.68. The molecule has 0 N–H and O–H groups in total. The van der Waals surface area contributed by atoms with E-state index in [-0.39, 0.29) is 0 Å². The second-order valence-corrected chi connectivity index (χ2v) is 10.3. The maximum absolute atomic E-state index is 6.53. The second-order valence-electron chi connectivity index (χ2n) is 8.98. The lowest BCUT2D eigenvalue weighted by Crippen LogP contribution is -2.37. The zero-order chi connectivity index (χ0) is 25.4. The van der Waals surface area contributed by atoms with Crippen LogP contribution in [0.15, 0.2) is 91.4 Å². The molecule has 0 aliphatic heterocycles. The molecule has 6 rings (SSSR count). The molecule has 0 atom stereocenters. The first kappa shape index (κ1) is 23.2. The first-order chi connectivity index (χ1) is 18.1. The number of para-hydroxylation sites is 2. The first-order valence-electron chi connectivity index (χ1n) is 12.1. The largest absolute Gasteiger partial charge is 1.20 e. The van der Waals surface area contributed by atoms with E-state index in [0.717, 1.165) is 49.4 Å². The summed E-state index contributed by atoms with van der Waals surface area (Å²) in [7, 11) is 0. The predicted molar refractivity (Wildman–Crippen MR) is 147 cm³/mol. The third-order valence-corrected chi connectivity index (χ3v) is 7.86. The number of aryl methyl sites for hydroxylation is 3. The van der Waals surface area contributed by atoms with Gasteiger partial charge < -0.3 is 11.4 Å². The number of benzene rings is 3. The van der Waals surface area contributed by atoms with Crippen molar-refractivity contribution in [3.63, 3.8) is 0 Å². The average molecular weight is 502 g/mol. The Labute approximate surface area is 219 Å². The highest BCUT2D eigenvalue weighted by Crippen LogP contribution is 2.31. The van der Waals surface area contributed by atoms with Crippen LogP contribution in [0.1, 0.15) is 16.7 Å². The Morgan fingerprint density at radius 2 is 0.892 bits per heavy atom. The van der Waals surface area contributed by atoms with Crippen molar-refractivity contribution in [2.24, 2.45) is 0 Å². The Kier molecular flexibility index (Phi) is 6.09. The number of aromatic nitrogens is 3. The highest BCUT2D eigenvalue weighted by Gasteiger charge is 2.46. The van der Waals surface area contributed by atoms with Crippen LogP contribution in [0.3, 0.4) is 0 Å². The van der Waals surface area contributed by atoms with Gasteiger partial charge in [-0.3, -0.25) is 15.0 Å². The summed E-state index contributed by atoms with van der Waals surface area (Å²) in [5, 5.41) is 3.08. The topological polar surface area (TPSA) is 66.4 Å². The molecule has 3 aromatic carbocycles. The molecular formula is C30H24AlN3O3. The van der Waals surface area contributed by atoms with Gasteiger partial charge in [-0.15, -0.1) is 0 Å². The van der Waals surface area contributed by atoms with Crippen molar-refractivity contribution in [2.75, 3.05) is 0 Å². The van der Waals surface area contributed by atoms with Crippen molar-refractivity contribution < 1.29 is 11.4 Å². The number of hydrogen-bond donors (Lipinski definition) is 0. The van der Waals surface area contributed by atoms with Crippen LogP contribution in [0.4, 0.5) is 0 Å². The van der Waals surface area contributed by atoms with Crippen LogP contribution < -0.4 is 11.4 Å². The minimum absolute atomic E-state index is 0.617. The lowest BCUT2D eigenvalue weighted by molar-refractivity contribution is 0.311. The van der Waals surface area contributed by atoms with Gasteiger partial charge in [0.05, 0.1) is 0 Å². The van der Waals surface area contributed by atoms with Crippen molar-refractivity contribution >= 4 is 47.9 Å². The molecule has 6 nitrogen and oxygen atoms in total. The number of fused-ring (bicyclic) bond motifs is 3. The molecule has 0 saturated carbocycles.